The molecule has 0 aliphatic carbocycles. The first-order valence-corrected chi connectivity index (χ1v) is 7.95. The highest BCUT2D eigenvalue weighted by Crippen LogP contribution is 2.29. The fourth-order valence-electron chi connectivity index (χ4n) is 2.14. The van der Waals surface area contributed by atoms with E-state index in [1.165, 1.54) is 6.20 Å². The van der Waals surface area contributed by atoms with Gasteiger partial charge in [-0.15, -0.1) is 0 Å². The molecule has 25 heavy (non-hydrogen) atoms. The fraction of sp³-hybridized carbons (Fsp3) is 0.176. The van der Waals surface area contributed by atoms with Gasteiger partial charge in [-0.3, -0.25) is 0 Å². The number of aromatic nitrogens is 4. The summed E-state index contributed by atoms with van der Waals surface area (Å²) in [6.45, 7) is 1.82. The van der Waals surface area contributed by atoms with Gasteiger partial charge in [0.25, 0.3) is 0 Å². The van der Waals surface area contributed by atoms with Crippen molar-refractivity contribution in [2.24, 2.45) is 0 Å². The molecule has 0 amide bonds. The number of carbonyl (C=O) groups is 1. The van der Waals surface area contributed by atoms with E-state index in [-0.39, 0.29) is 12.5 Å². The van der Waals surface area contributed by atoms with Crippen molar-refractivity contribution in [3.05, 3.63) is 54.1 Å². The van der Waals surface area contributed by atoms with Crippen LogP contribution in [0.25, 0.3) is 16.9 Å². The molecule has 3 rings (SSSR count). The van der Waals surface area contributed by atoms with Gasteiger partial charge in [0.1, 0.15) is 0 Å². The van der Waals surface area contributed by atoms with Crippen molar-refractivity contribution in [3.63, 3.8) is 0 Å². The van der Waals surface area contributed by atoms with Crippen LogP contribution in [0, 0.1) is 0 Å². The number of carbonyl (C=O) groups excluding carboxylic acids is 1. The smallest absolute Gasteiger partial charge is 0.344 e. The molecule has 3 aromatic rings. The number of rotatable bonds is 6. The van der Waals surface area contributed by atoms with E-state index < -0.39 is 5.97 Å². The van der Waals surface area contributed by atoms with Crippen LogP contribution in [0.5, 0.6) is 5.88 Å². The summed E-state index contributed by atoms with van der Waals surface area (Å²) in [6, 6.07) is 7.19. The van der Waals surface area contributed by atoms with Crippen molar-refractivity contribution in [3.8, 4) is 22.8 Å². The van der Waals surface area contributed by atoms with Crippen LogP contribution in [-0.4, -0.2) is 38.9 Å². The summed E-state index contributed by atoms with van der Waals surface area (Å²) in [7, 11) is 0. The SMILES string of the molecule is CCOC(=O)COc1cc(-c2ccc(-n3cccn3)nc2)c(Cl)cn1. The molecule has 8 heteroatoms. The molecule has 3 heterocycles. The minimum atomic E-state index is -0.453. The minimum absolute atomic E-state index is 0.210. The van der Waals surface area contributed by atoms with Crippen LogP contribution in [0.1, 0.15) is 6.92 Å². The standard InChI is InChI=1S/C17H15ClN4O3/c1-2-24-17(23)11-25-16-8-13(14(18)10-20-16)12-4-5-15(19-9-12)22-7-3-6-21-22/h3-10H,2,11H2,1H3. The molecule has 0 unspecified atom stereocenters. The Kier molecular flexibility index (Phi) is 5.25. The molecule has 0 fully saturated rings. The highest BCUT2D eigenvalue weighted by Gasteiger charge is 2.10. The lowest BCUT2D eigenvalue weighted by molar-refractivity contribution is -0.145. The monoisotopic (exact) mass is 358 g/mol. The van der Waals surface area contributed by atoms with E-state index in [9.17, 15) is 4.79 Å². The topological polar surface area (TPSA) is 79.1 Å². The quantitative estimate of drug-likeness (QED) is 0.630. The Balaban J connectivity index is 1.79. The average Bonchev–Trinajstić information content (AvgIpc) is 3.16. The van der Waals surface area contributed by atoms with Crippen molar-refractivity contribution < 1.29 is 14.3 Å². The largest absolute Gasteiger partial charge is 0.466 e. The number of esters is 1. The van der Waals surface area contributed by atoms with Crippen molar-refractivity contribution >= 4 is 17.6 Å². The Morgan fingerprint density at radius 1 is 1.28 bits per heavy atom. The third-order valence-corrected chi connectivity index (χ3v) is 3.57. The maximum absolute atomic E-state index is 11.4. The van der Waals surface area contributed by atoms with E-state index in [0.29, 0.717) is 23.0 Å². The summed E-state index contributed by atoms with van der Waals surface area (Å²) in [5.74, 6) is 0.521. The Morgan fingerprint density at radius 2 is 2.16 bits per heavy atom. The Morgan fingerprint density at radius 3 is 2.84 bits per heavy atom. The molecule has 0 N–H and O–H groups in total. The third-order valence-electron chi connectivity index (χ3n) is 3.27. The second-order valence-electron chi connectivity index (χ2n) is 4.95. The van der Waals surface area contributed by atoms with Crippen LogP contribution in [0.15, 0.2) is 49.1 Å². The highest BCUT2D eigenvalue weighted by atomic mass is 35.5. The lowest BCUT2D eigenvalue weighted by atomic mass is 10.1. The van der Waals surface area contributed by atoms with E-state index in [1.54, 1.807) is 30.1 Å². The van der Waals surface area contributed by atoms with Crippen LogP contribution in [0.3, 0.4) is 0 Å². The Hall–Kier alpha value is -2.93. The molecule has 0 saturated heterocycles. The zero-order valence-electron chi connectivity index (χ0n) is 13.4. The normalized spacial score (nSPS) is 10.5. The molecule has 0 aromatic carbocycles. The van der Waals surface area contributed by atoms with Crippen molar-refractivity contribution in [1.82, 2.24) is 19.7 Å². The van der Waals surface area contributed by atoms with Crippen LogP contribution < -0.4 is 4.74 Å². The molecule has 0 atom stereocenters. The van der Waals surface area contributed by atoms with Crippen LogP contribution in [-0.2, 0) is 9.53 Å². The molecule has 0 saturated carbocycles. The maximum Gasteiger partial charge on any atom is 0.344 e. The van der Waals surface area contributed by atoms with E-state index in [0.717, 1.165) is 5.56 Å². The average molecular weight is 359 g/mol. The number of hydrogen-bond donors (Lipinski definition) is 0. The van der Waals surface area contributed by atoms with Gasteiger partial charge in [0.2, 0.25) is 5.88 Å². The predicted molar refractivity (Wildman–Crippen MR) is 91.7 cm³/mol. The molecule has 0 aliphatic rings. The Bertz CT molecular complexity index is 851. The molecular formula is C17H15ClN4O3. The maximum atomic E-state index is 11.4. The van der Waals surface area contributed by atoms with Crippen molar-refractivity contribution in [2.75, 3.05) is 13.2 Å². The minimum Gasteiger partial charge on any atom is -0.466 e. The van der Waals surface area contributed by atoms with Crippen LogP contribution in [0.2, 0.25) is 5.02 Å². The van der Waals surface area contributed by atoms with E-state index in [1.807, 2.05) is 24.4 Å². The van der Waals surface area contributed by atoms with Gasteiger partial charge >= 0.3 is 5.97 Å². The summed E-state index contributed by atoms with van der Waals surface area (Å²) in [4.78, 5) is 19.8. The van der Waals surface area contributed by atoms with Gasteiger partial charge < -0.3 is 9.47 Å². The lowest BCUT2D eigenvalue weighted by Gasteiger charge is -2.09. The predicted octanol–water partition coefficient (Wildman–Crippen LogP) is 2.92. The van der Waals surface area contributed by atoms with E-state index in [2.05, 4.69) is 15.1 Å². The first-order valence-electron chi connectivity index (χ1n) is 7.58. The number of halogens is 1. The second-order valence-corrected chi connectivity index (χ2v) is 5.36. The summed E-state index contributed by atoms with van der Waals surface area (Å²) in [5, 5.41) is 4.59. The summed E-state index contributed by atoms with van der Waals surface area (Å²) < 4.78 is 11.8. The van der Waals surface area contributed by atoms with Gasteiger partial charge in [0.15, 0.2) is 12.4 Å². The zero-order valence-corrected chi connectivity index (χ0v) is 14.2. The van der Waals surface area contributed by atoms with Gasteiger partial charge in [0, 0.05) is 35.8 Å². The summed E-state index contributed by atoms with van der Waals surface area (Å²) in [5.41, 5.74) is 1.50. The van der Waals surface area contributed by atoms with Crippen LogP contribution >= 0.6 is 11.6 Å². The summed E-state index contributed by atoms with van der Waals surface area (Å²) in [6.07, 6.45) is 6.65. The first-order chi connectivity index (χ1) is 12.2. The van der Waals surface area contributed by atoms with Gasteiger partial charge in [-0.05, 0) is 25.1 Å². The number of ether oxygens (including phenoxy) is 2. The van der Waals surface area contributed by atoms with Crippen LogP contribution in [0.4, 0.5) is 0 Å². The zero-order chi connectivity index (χ0) is 17.6. The molecule has 0 radical (unpaired) electrons. The van der Waals surface area contributed by atoms with Gasteiger partial charge in [-0.1, -0.05) is 11.6 Å². The lowest BCUT2D eigenvalue weighted by Crippen LogP contribution is -2.15. The number of pyridine rings is 2. The summed E-state index contributed by atoms with van der Waals surface area (Å²) >= 11 is 6.23. The molecule has 0 spiro atoms. The molecule has 7 nitrogen and oxygen atoms in total. The highest BCUT2D eigenvalue weighted by molar-refractivity contribution is 6.33. The third kappa shape index (κ3) is 4.13. The van der Waals surface area contributed by atoms with Gasteiger partial charge in [-0.2, -0.15) is 5.10 Å². The molecule has 128 valence electrons. The molecule has 3 aromatic heterocycles. The van der Waals surface area contributed by atoms with Crippen molar-refractivity contribution in [1.29, 1.82) is 0 Å². The van der Waals surface area contributed by atoms with E-state index in [4.69, 9.17) is 21.1 Å². The second kappa shape index (κ2) is 7.76. The first kappa shape index (κ1) is 16.9. The number of hydrogen-bond acceptors (Lipinski definition) is 6. The van der Waals surface area contributed by atoms with Gasteiger partial charge in [-0.25, -0.2) is 19.4 Å². The molecule has 0 aliphatic heterocycles. The Labute approximate surface area is 149 Å². The van der Waals surface area contributed by atoms with Gasteiger partial charge in [0.05, 0.1) is 17.8 Å². The van der Waals surface area contributed by atoms with Crippen molar-refractivity contribution in [2.45, 2.75) is 6.92 Å². The van der Waals surface area contributed by atoms with E-state index >= 15 is 0 Å². The number of nitrogens with zero attached hydrogens (tertiary/aromatic N) is 4. The molecule has 0 bridgehead atoms. The molecular weight excluding hydrogens is 344 g/mol. The fourth-order valence-corrected chi connectivity index (χ4v) is 2.35.